The Hall–Kier alpha value is -0.120. The zero-order chi connectivity index (χ0) is 12.2. The van der Waals surface area contributed by atoms with Gasteiger partial charge in [0.05, 0.1) is 6.61 Å². The normalized spacial score (nSPS) is 24.0. The Bertz CT molecular complexity index is 195. The lowest BCUT2D eigenvalue weighted by molar-refractivity contribution is 0.150. The molecule has 0 aromatic carbocycles. The Morgan fingerprint density at radius 2 is 2.12 bits per heavy atom. The van der Waals surface area contributed by atoms with Crippen molar-refractivity contribution >= 4 is 0 Å². The van der Waals surface area contributed by atoms with Crippen LogP contribution in [0.5, 0.6) is 0 Å². The van der Waals surface area contributed by atoms with Gasteiger partial charge >= 0.3 is 0 Å². The van der Waals surface area contributed by atoms with E-state index in [-0.39, 0.29) is 0 Å². The lowest BCUT2D eigenvalue weighted by atomic mass is 9.85. The smallest absolute Gasteiger partial charge is 0.0622 e. The van der Waals surface area contributed by atoms with Crippen LogP contribution < -0.4 is 5.32 Å². The van der Waals surface area contributed by atoms with E-state index in [4.69, 9.17) is 4.74 Å². The van der Waals surface area contributed by atoms with Crippen molar-refractivity contribution in [1.29, 1.82) is 0 Å². The summed E-state index contributed by atoms with van der Waals surface area (Å²) in [7, 11) is 4.28. The van der Waals surface area contributed by atoms with Crippen molar-refractivity contribution in [2.24, 2.45) is 5.41 Å². The maximum absolute atomic E-state index is 5.42. The van der Waals surface area contributed by atoms with E-state index < -0.39 is 0 Å². The van der Waals surface area contributed by atoms with Crippen molar-refractivity contribution in [2.45, 2.75) is 45.7 Å². The predicted octanol–water partition coefficient (Wildman–Crippen LogP) is 1.73. The van der Waals surface area contributed by atoms with Crippen LogP contribution in [0, 0.1) is 5.41 Å². The van der Waals surface area contributed by atoms with Crippen LogP contribution in [-0.2, 0) is 4.74 Å². The summed E-state index contributed by atoms with van der Waals surface area (Å²) < 4.78 is 5.42. The molecule has 0 radical (unpaired) electrons. The van der Waals surface area contributed by atoms with Gasteiger partial charge in [0.1, 0.15) is 0 Å². The maximum atomic E-state index is 5.42. The molecule has 1 aliphatic heterocycles. The summed E-state index contributed by atoms with van der Waals surface area (Å²) in [5.74, 6) is 0. The van der Waals surface area contributed by atoms with Crippen molar-refractivity contribution in [2.75, 3.05) is 33.9 Å². The average Bonchev–Trinajstić information content (AvgIpc) is 2.68. The van der Waals surface area contributed by atoms with Crippen LogP contribution in [-0.4, -0.2) is 50.8 Å². The zero-order valence-corrected chi connectivity index (χ0v) is 11.5. The molecule has 0 aromatic rings. The molecular formula is C13H28N2O. The van der Waals surface area contributed by atoms with Gasteiger partial charge in [-0.1, -0.05) is 20.8 Å². The van der Waals surface area contributed by atoms with E-state index in [1.54, 1.807) is 0 Å². The summed E-state index contributed by atoms with van der Waals surface area (Å²) in [5, 5.41) is 3.43. The van der Waals surface area contributed by atoms with Crippen LogP contribution in [0.4, 0.5) is 0 Å². The molecule has 0 aromatic heterocycles. The van der Waals surface area contributed by atoms with Gasteiger partial charge in [-0.2, -0.15) is 0 Å². The molecule has 2 atom stereocenters. The highest BCUT2D eigenvalue weighted by Crippen LogP contribution is 2.22. The van der Waals surface area contributed by atoms with E-state index in [2.05, 4.69) is 45.1 Å². The zero-order valence-electron chi connectivity index (χ0n) is 11.5. The minimum Gasteiger partial charge on any atom is -0.380 e. The molecule has 3 nitrogen and oxygen atoms in total. The number of nitrogens with zero attached hydrogens (tertiary/aromatic N) is 1. The van der Waals surface area contributed by atoms with E-state index >= 15 is 0 Å². The van der Waals surface area contributed by atoms with Gasteiger partial charge < -0.3 is 15.0 Å². The van der Waals surface area contributed by atoms with Crippen molar-refractivity contribution < 1.29 is 4.74 Å². The number of rotatable bonds is 5. The molecule has 1 saturated heterocycles. The number of hydrogen-bond acceptors (Lipinski definition) is 3. The molecule has 0 spiro atoms. The van der Waals surface area contributed by atoms with Crippen molar-refractivity contribution in [3.63, 3.8) is 0 Å². The van der Waals surface area contributed by atoms with E-state index in [0.29, 0.717) is 17.5 Å². The average molecular weight is 228 g/mol. The minimum absolute atomic E-state index is 0.335. The fraction of sp³-hybridized carbons (Fsp3) is 1.00. The van der Waals surface area contributed by atoms with Gasteiger partial charge in [-0.3, -0.25) is 0 Å². The highest BCUT2D eigenvalue weighted by Gasteiger charge is 2.25. The standard InChI is InChI=1S/C13H28N2O/c1-13(2,3)12(14-4)6-8-15(5)11-7-9-16-10-11/h11-12,14H,6-10H2,1-5H3. The van der Waals surface area contributed by atoms with Gasteiger partial charge in [-0.05, 0) is 38.9 Å². The fourth-order valence-electron chi connectivity index (χ4n) is 2.40. The molecule has 1 rings (SSSR count). The first kappa shape index (κ1) is 13.9. The Morgan fingerprint density at radius 3 is 2.56 bits per heavy atom. The number of hydrogen-bond donors (Lipinski definition) is 1. The Kier molecular flexibility index (Phi) is 5.22. The quantitative estimate of drug-likeness (QED) is 0.775. The largest absolute Gasteiger partial charge is 0.380 e. The molecule has 0 saturated carbocycles. The summed E-state index contributed by atoms with van der Waals surface area (Å²) >= 11 is 0. The first-order valence-corrected chi connectivity index (χ1v) is 6.40. The number of nitrogens with one attached hydrogen (secondary N) is 1. The molecule has 1 fully saturated rings. The summed E-state index contributed by atoms with van der Waals surface area (Å²) in [6.07, 6.45) is 2.39. The van der Waals surface area contributed by atoms with Gasteiger partial charge in [0.25, 0.3) is 0 Å². The predicted molar refractivity (Wildman–Crippen MR) is 68.8 cm³/mol. The lowest BCUT2D eigenvalue weighted by Crippen LogP contribution is -2.42. The number of likely N-dealkylation sites (N-methyl/N-ethyl adjacent to an activating group) is 1. The van der Waals surface area contributed by atoms with E-state index in [1.165, 1.54) is 12.8 Å². The van der Waals surface area contributed by atoms with Crippen LogP contribution in [0.25, 0.3) is 0 Å². The topological polar surface area (TPSA) is 24.5 Å². The van der Waals surface area contributed by atoms with Gasteiger partial charge in [0.15, 0.2) is 0 Å². The molecule has 1 heterocycles. The van der Waals surface area contributed by atoms with Gasteiger partial charge in [-0.25, -0.2) is 0 Å². The summed E-state index contributed by atoms with van der Waals surface area (Å²) in [6, 6.07) is 1.22. The molecule has 96 valence electrons. The molecule has 3 heteroatoms. The van der Waals surface area contributed by atoms with Gasteiger partial charge in [0, 0.05) is 18.7 Å². The molecule has 16 heavy (non-hydrogen) atoms. The molecule has 0 bridgehead atoms. The van der Waals surface area contributed by atoms with E-state index in [0.717, 1.165) is 19.8 Å². The maximum Gasteiger partial charge on any atom is 0.0622 e. The van der Waals surface area contributed by atoms with Gasteiger partial charge in [-0.15, -0.1) is 0 Å². The Labute approximate surface area is 101 Å². The molecule has 1 aliphatic rings. The first-order valence-electron chi connectivity index (χ1n) is 6.40. The number of ether oxygens (including phenoxy) is 1. The second kappa shape index (κ2) is 5.99. The third-order valence-electron chi connectivity index (χ3n) is 3.69. The Balaban J connectivity index is 2.31. The summed E-state index contributed by atoms with van der Waals surface area (Å²) in [6.45, 7) is 9.89. The Morgan fingerprint density at radius 1 is 1.44 bits per heavy atom. The summed E-state index contributed by atoms with van der Waals surface area (Å²) in [4.78, 5) is 2.45. The molecule has 1 N–H and O–H groups in total. The highest BCUT2D eigenvalue weighted by molar-refractivity contribution is 4.81. The molecular weight excluding hydrogens is 200 g/mol. The second-order valence-electron chi connectivity index (χ2n) is 5.99. The first-order chi connectivity index (χ1) is 7.45. The second-order valence-corrected chi connectivity index (χ2v) is 5.99. The SMILES string of the molecule is CNC(CCN(C)C1CCOC1)C(C)(C)C. The van der Waals surface area contributed by atoms with E-state index in [9.17, 15) is 0 Å². The molecule has 2 unspecified atom stereocenters. The van der Waals surface area contributed by atoms with Crippen LogP contribution in [0.3, 0.4) is 0 Å². The van der Waals surface area contributed by atoms with Crippen LogP contribution >= 0.6 is 0 Å². The molecule has 0 amide bonds. The highest BCUT2D eigenvalue weighted by atomic mass is 16.5. The fourth-order valence-corrected chi connectivity index (χ4v) is 2.40. The van der Waals surface area contributed by atoms with E-state index in [1.807, 2.05) is 0 Å². The third kappa shape index (κ3) is 4.04. The monoisotopic (exact) mass is 228 g/mol. The van der Waals surface area contributed by atoms with Gasteiger partial charge in [0.2, 0.25) is 0 Å². The minimum atomic E-state index is 0.335. The van der Waals surface area contributed by atoms with Crippen molar-refractivity contribution in [3.05, 3.63) is 0 Å². The van der Waals surface area contributed by atoms with Crippen molar-refractivity contribution in [3.8, 4) is 0 Å². The van der Waals surface area contributed by atoms with Crippen LogP contribution in [0.15, 0.2) is 0 Å². The van der Waals surface area contributed by atoms with Crippen molar-refractivity contribution in [1.82, 2.24) is 10.2 Å². The molecule has 0 aliphatic carbocycles. The summed E-state index contributed by atoms with van der Waals surface area (Å²) in [5.41, 5.74) is 0.335. The third-order valence-corrected chi connectivity index (χ3v) is 3.69. The lowest BCUT2D eigenvalue weighted by Gasteiger charge is -2.33. The van der Waals surface area contributed by atoms with Crippen LogP contribution in [0.2, 0.25) is 0 Å². The van der Waals surface area contributed by atoms with Crippen LogP contribution in [0.1, 0.15) is 33.6 Å².